The van der Waals surface area contributed by atoms with Gasteiger partial charge in [0.15, 0.2) is 0 Å². The second-order valence-electron chi connectivity index (χ2n) is 5.72. The second-order valence-corrected chi connectivity index (χ2v) is 7.00. The van der Waals surface area contributed by atoms with Crippen molar-refractivity contribution < 1.29 is 14.0 Å². The second kappa shape index (κ2) is 7.09. The van der Waals surface area contributed by atoms with Gasteiger partial charge in [0.25, 0.3) is 0 Å². The zero-order valence-electron chi connectivity index (χ0n) is 12.3. The Morgan fingerprint density at radius 2 is 2.32 bits per heavy atom. The highest BCUT2D eigenvalue weighted by molar-refractivity contribution is 8.00. The minimum absolute atomic E-state index is 0.0439. The highest BCUT2D eigenvalue weighted by atomic mass is 32.2. The molecule has 3 rings (SSSR count). The van der Waals surface area contributed by atoms with Crippen LogP contribution >= 0.6 is 11.8 Å². The summed E-state index contributed by atoms with van der Waals surface area (Å²) in [6.07, 6.45) is 5.06. The average Bonchev–Trinajstić information content (AvgIpc) is 3.19. The molecule has 3 amide bonds. The van der Waals surface area contributed by atoms with Gasteiger partial charge in [-0.05, 0) is 25.0 Å². The molecule has 2 aliphatic rings. The summed E-state index contributed by atoms with van der Waals surface area (Å²) in [4.78, 5) is 23.0. The molecule has 120 valence electrons. The molecule has 3 N–H and O–H groups in total. The molecule has 1 aromatic rings. The third-order valence-electron chi connectivity index (χ3n) is 4.12. The smallest absolute Gasteiger partial charge is 0.315 e. The molecular formula is C15H21N3O3S. The number of rotatable bonds is 7. The molecular weight excluding hydrogens is 302 g/mol. The molecule has 3 atom stereocenters. The third-order valence-corrected chi connectivity index (χ3v) is 5.63. The molecule has 2 saturated heterocycles. The number of nitrogens with one attached hydrogen (secondary N) is 3. The van der Waals surface area contributed by atoms with Crippen LogP contribution in [-0.4, -0.2) is 35.0 Å². The summed E-state index contributed by atoms with van der Waals surface area (Å²) in [7, 11) is 0. The summed E-state index contributed by atoms with van der Waals surface area (Å²) in [6, 6.07) is 4.14. The molecule has 0 aromatic carbocycles. The number of urea groups is 1. The van der Waals surface area contributed by atoms with Crippen LogP contribution < -0.4 is 16.0 Å². The van der Waals surface area contributed by atoms with Crippen LogP contribution in [0.2, 0.25) is 0 Å². The van der Waals surface area contributed by atoms with Crippen molar-refractivity contribution in [2.75, 3.05) is 5.75 Å². The lowest BCUT2D eigenvalue weighted by atomic mass is 10.0. The summed E-state index contributed by atoms with van der Waals surface area (Å²) in [5.41, 5.74) is 0. The average molecular weight is 323 g/mol. The molecule has 6 nitrogen and oxygen atoms in total. The summed E-state index contributed by atoms with van der Waals surface area (Å²) in [5.74, 6) is 1.81. The van der Waals surface area contributed by atoms with Gasteiger partial charge in [0.05, 0.1) is 24.9 Å². The first-order valence-electron chi connectivity index (χ1n) is 7.70. The molecule has 22 heavy (non-hydrogen) atoms. The van der Waals surface area contributed by atoms with Crippen molar-refractivity contribution >= 4 is 23.7 Å². The van der Waals surface area contributed by atoms with Crippen molar-refractivity contribution in [3.05, 3.63) is 24.2 Å². The predicted molar refractivity (Wildman–Crippen MR) is 84.5 cm³/mol. The Morgan fingerprint density at radius 1 is 1.41 bits per heavy atom. The number of carbonyl (C=O) groups is 2. The molecule has 2 fully saturated rings. The van der Waals surface area contributed by atoms with Gasteiger partial charge in [0.1, 0.15) is 5.76 Å². The summed E-state index contributed by atoms with van der Waals surface area (Å²) < 4.78 is 5.17. The predicted octanol–water partition coefficient (Wildman–Crippen LogP) is 1.62. The lowest BCUT2D eigenvalue weighted by Gasteiger charge is -2.16. The van der Waals surface area contributed by atoms with E-state index < -0.39 is 0 Å². The van der Waals surface area contributed by atoms with Gasteiger partial charge in [-0.3, -0.25) is 4.79 Å². The van der Waals surface area contributed by atoms with E-state index in [2.05, 4.69) is 16.0 Å². The molecule has 0 aliphatic carbocycles. The van der Waals surface area contributed by atoms with Crippen LogP contribution in [0.1, 0.15) is 31.4 Å². The lowest BCUT2D eigenvalue weighted by Crippen LogP contribution is -2.36. The molecule has 0 spiro atoms. The van der Waals surface area contributed by atoms with Gasteiger partial charge in [-0.2, -0.15) is 11.8 Å². The quantitative estimate of drug-likeness (QED) is 0.526. The number of unbranched alkanes of at least 4 members (excludes halogenated alkanes) is 1. The van der Waals surface area contributed by atoms with Gasteiger partial charge >= 0.3 is 6.03 Å². The fourth-order valence-electron chi connectivity index (χ4n) is 2.96. The summed E-state index contributed by atoms with van der Waals surface area (Å²) >= 11 is 1.91. The highest BCUT2D eigenvalue weighted by Gasteiger charge is 2.42. The van der Waals surface area contributed by atoms with Crippen molar-refractivity contribution in [2.45, 2.75) is 49.6 Å². The van der Waals surface area contributed by atoms with Crippen molar-refractivity contribution in [1.82, 2.24) is 16.0 Å². The van der Waals surface area contributed by atoms with E-state index in [-0.39, 0.29) is 24.0 Å². The number of thioether (sulfide) groups is 1. The van der Waals surface area contributed by atoms with Gasteiger partial charge in [-0.15, -0.1) is 0 Å². The first kappa shape index (κ1) is 15.3. The summed E-state index contributed by atoms with van der Waals surface area (Å²) in [6.45, 7) is 0.450. The largest absolute Gasteiger partial charge is 0.467 e. The van der Waals surface area contributed by atoms with Crippen LogP contribution in [0.25, 0.3) is 0 Å². The molecule has 2 aliphatic heterocycles. The minimum Gasteiger partial charge on any atom is -0.467 e. The monoisotopic (exact) mass is 323 g/mol. The lowest BCUT2D eigenvalue weighted by molar-refractivity contribution is -0.121. The van der Waals surface area contributed by atoms with Crippen LogP contribution in [0.4, 0.5) is 4.79 Å². The molecule has 3 heterocycles. The van der Waals surface area contributed by atoms with E-state index in [1.807, 2.05) is 23.9 Å². The first-order chi connectivity index (χ1) is 10.7. The van der Waals surface area contributed by atoms with Gasteiger partial charge in [-0.1, -0.05) is 6.42 Å². The number of hydrogen-bond acceptors (Lipinski definition) is 4. The Labute approximate surface area is 133 Å². The van der Waals surface area contributed by atoms with E-state index in [0.717, 1.165) is 30.8 Å². The number of hydrogen-bond donors (Lipinski definition) is 3. The Kier molecular flexibility index (Phi) is 4.92. The number of fused-ring (bicyclic) bond motifs is 1. The molecule has 0 unspecified atom stereocenters. The van der Waals surface area contributed by atoms with E-state index in [1.54, 1.807) is 6.26 Å². The van der Waals surface area contributed by atoms with E-state index in [4.69, 9.17) is 4.42 Å². The van der Waals surface area contributed by atoms with Crippen LogP contribution in [0.5, 0.6) is 0 Å². The maximum absolute atomic E-state index is 11.7. The van der Waals surface area contributed by atoms with E-state index in [9.17, 15) is 9.59 Å². The van der Waals surface area contributed by atoms with Crippen LogP contribution in [0.3, 0.4) is 0 Å². The molecule has 7 heteroatoms. The maximum atomic E-state index is 11.7. The minimum atomic E-state index is -0.0439. The Bertz CT molecular complexity index is 520. The highest BCUT2D eigenvalue weighted by Crippen LogP contribution is 2.33. The van der Waals surface area contributed by atoms with Gasteiger partial charge in [-0.25, -0.2) is 4.79 Å². The maximum Gasteiger partial charge on any atom is 0.315 e. The standard InChI is InChI=1S/C15H21N3O3S/c19-13(16-8-10-4-3-7-21-10)6-2-1-5-12-14-11(9-22-12)17-15(20)18-14/h3-4,7,11-12,14H,1-2,5-6,8-9H2,(H,16,19)(H2,17,18,20)/t11-,12-,14-/m0/s1. The van der Waals surface area contributed by atoms with Crippen molar-refractivity contribution in [1.29, 1.82) is 0 Å². The van der Waals surface area contributed by atoms with Gasteiger partial charge in [0.2, 0.25) is 5.91 Å². The Morgan fingerprint density at radius 3 is 3.14 bits per heavy atom. The Hall–Kier alpha value is -1.63. The first-order valence-corrected chi connectivity index (χ1v) is 8.75. The van der Waals surface area contributed by atoms with Crippen molar-refractivity contribution in [3.8, 4) is 0 Å². The fraction of sp³-hybridized carbons (Fsp3) is 0.600. The summed E-state index contributed by atoms with van der Waals surface area (Å²) in [5, 5.41) is 9.25. The number of furan rings is 1. The molecule has 1 aromatic heterocycles. The fourth-order valence-corrected chi connectivity index (χ4v) is 4.50. The molecule has 0 radical (unpaired) electrons. The Balaban J connectivity index is 1.29. The molecule has 0 bridgehead atoms. The number of amides is 3. The third kappa shape index (κ3) is 3.76. The molecule has 0 saturated carbocycles. The van der Waals surface area contributed by atoms with Crippen LogP contribution in [0.15, 0.2) is 22.8 Å². The van der Waals surface area contributed by atoms with Gasteiger partial charge < -0.3 is 20.4 Å². The van der Waals surface area contributed by atoms with Crippen molar-refractivity contribution in [3.63, 3.8) is 0 Å². The van der Waals surface area contributed by atoms with E-state index in [0.29, 0.717) is 18.2 Å². The van der Waals surface area contributed by atoms with Gasteiger partial charge in [0, 0.05) is 17.4 Å². The van der Waals surface area contributed by atoms with E-state index >= 15 is 0 Å². The van der Waals surface area contributed by atoms with Crippen molar-refractivity contribution in [2.24, 2.45) is 0 Å². The zero-order valence-corrected chi connectivity index (χ0v) is 13.2. The van der Waals surface area contributed by atoms with E-state index in [1.165, 1.54) is 0 Å². The topological polar surface area (TPSA) is 83.4 Å². The zero-order chi connectivity index (χ0) is 15.4. The van der Waals surface area contributed by atoms with Crippen LogP contribution in [0, 0.1) is 0 Å². The SMILES string of the molecule is O=C(CCCC[C@@H]1SC[C@@H]2NC(=O)N[C@@H]21)NCc1ccco1. The number of carbonyl (C=O) groups excluding carboxylic acids is 2. The normalized spacial score (nSPS) is 26.4. The van der Waals surface area contributed by atoms with Crippen LogP contribution in [-0.2, 0) is 11.3 Å².